The van der Waals surface area contributed by atoms with Crippen LogP contribution >= 0.6 is 0 Å². The van der Waals surface area contributed by atoms with E-state index in [0.717, 1.165) is 0 Å². The summed E-state index contributed by atoms with van der Waals surface area (Å²) in [5, 5.41) is 3.36. The second-order valence-corrected chi connectivity index (χ2v) is 5.24. The zero-order valence-corrected chi connectivity index (χ0v) is 13.2. The Labute approximate surface area is 138 Å². The first-order chi connectivity index (χ1) is 11.7. The van der Waals surface area contributed by atoms with Crippen molar-refractivity contribution in [3.8, 4) is 5.75 Å². The third kappa shape index (κ3) is 3.27. The molecule has 1 aromatic heterocycles. The standard InChI is InChI=1S/C18H17N3O3/c1-24-14-8-6-13(7-9-14)17(22)19-10-11-21-12-20-16-5-3-2-4-15(16)18(21)23/h2-9,12H,10-11H2,1H3,(H,19,22). The number of benzene rings is 2. The first-order valence-electron chi connectivity index (χ1n) is 7.55. The molecule has 1 N–H and O–H groups in total. The lowest BCUT2D eigenvalue weighted by Crippen LogP contribution is -2.31. The molecule has 3 aromatic rings. The van der Waals surface area contributed by atoms with Gasteiger partial charge in [0.1, 0.15) is 5.75 Å². The summed E-state index contributed by atoms with van der Waals surface area (Å²) in [5.74, 6) is 0.500. The molecular formula is C18H17N3O3. The number of hydrogen-bond donors (Lipinski definition) is 1. The van der Waals surface area contributed by atoms with Crippen LogP contribution in [0.1, 0.15) is 10.4 Å². The van der Waals surface area contributed by atoms with Crippen molar-refractivity contribution in [1.82, 2.24) is 14.9 Å². The summed E-state index contributed by atoms with van der Waals surface area (Å²) >= 11 is 0. The summed E-state index contributed by atoms with van der Waals surface area (Å²) in [6.45, 7) is 0.698. The van der Waals surface area contributed by atoms with E-state index >= 15 is 0 Å². The number of rotatable bonds is 5. The highest BCUT2D eigenvalue weighted by Gasteiger charge is 2.06. The van der Waals surface area contributed by atoms with Crippen molar-refractivity contribution in [3.05, 3.63) is 70.8 Å². The first kappa shape index (κ1) is 15.7. The number of fused-ring (bicyclic) bond motifs is 1. The SMILES string of the molecule is COc1ccc(C(=O)NCCn2cnc3ccccc3c2=O)cc1. The molecule has 0 radical (unpaired) electrons. The Kier molecular flexibility index (Phi) is 4.56. The van der Waals surface area contributed by atoms with Gasteiger partial charge in [-0.25, -0.2) is 4.98 Å². The lowest BCUT2D eigenvalue weighted by atomic mass is 10.2. The molecule has 3 rings (SSSR count). The van der Waals surface area contributed by atoms with Gasteiger partial charge in [-0.3, -0.25) is 14.2 Å². The summed E-state index contributed by atoms with van der Waals surface area (Å²) in [4.78, 5) is 28.7. The normalized spacial score (nSPS) is 10.5. The lowest BCUT2D eigenvalue weighted by molar-refractivity contribution is 0.0952. The van der Waals surface area contributed by atoms with E-state index in [0.29, 0.717) is 35.3 Å². The van der Waals surface area contributed by atoms with Crippen LogP contribution in [0.3, 0.4) is 0 Å². The van der Waals surface area contributed by atoms with E-state index in [-0.39, 0.29) is 11.5 Å². The Morgan fingerprint density at radius 2 is 1.92 bits per heavy atom. The van der Waals surface area contributed by atoms with Crippen LogP contribution in [-0.2, 0) is 6.54 Å². The molecule has 0 aliphatic rings. The van der Waals surface area contributed by atoms with Crippen molar-refractivity contribution in [1.29, 1.82) is 0 Å². The average molecular weight is 323 g/mol. The number of carbonyl (C=O) groups is 1. The molecule has 0 atom stereocenters. The molecule has 0 aliphatic carbocycles. The molecule has 24 heavy (non-hydrogen) atoms. The van der Waals surface area contributed by atoms with Crippen LogP contribution in [0, 0.1) is 0 Å². The number of carbonyl (C=O) groups excluding carboxylic acids is 1. The third-order valence-electron chi connectivity index (χ3n) is 3.72. The van der Waals surface area contributed by atoms with Gasteiger partial charge in [0, 0.05) is 18.7 Å². The third-order valence-corrected chi connectivity index (χ3v) is 3.72. The maximum Gasteiger partial charge on any atom is 0.261 e. The van der Waals surface area contributed by atoms with Crippen LogP contribution in [0.4, 0.5) is 0 Å². The van der Waals surface area contributed by atoms with E-state index in [2.05, 4.69) is 10.3 Å². The Morgan fingerprint density at radius 1 is 1.17 bits per heavy atom. The number of nitrogens with zero attached hydrogens (tertiary/aromatic N) is 2. The Balaban J connectivity index is 1.64. The number of hydrogen-bond acceptors (Lipinski definition) is 4. The van der Waals surface area contributed by atoms with Gasteiger partial charge < -0.3 is 10.1 Å². The van der Waals surface area contributed by atoms with Gasteiger partial charge in [-0.05, 0) is 36.4 Å². The van der Waals surface area contributed by atoms with Crippen molar-refractivity contribution in [2.75, 3.05) is 13.7 Å². The second-order valence-electron chi connectivity index (χ2n) is 5.24. The summed E-state index contributed by atoms with van der Waals surface area (Å²) < 4.78 is 6.56. The summed E-state index contributed by atoms with van der Waals surface area (Å²) in [6.07, 6.45) is 1.50. The fraction of sp³-hybridized carbons (Fsp3) is 0.167. The van der Waals surface area contributed by atoms with Gasteiger partial charge in [0.05, 0.1) is 24.3 Å². The Bertz CT molecular complexity index is 917. The largest absolute Gasteiger partial charge is 0.497 e. The second kappa shape index (κ2) is 6.95. The predicted octanol–water partition coefficient (Wildman–Crippen LogP) is 1.84. The van der Waals surface area contributed by atoms with Gasteiger partial charge in [0.25, 0.3) is 11.5 Å². The quantitative estimate of drug-likeness (QED) is 0.777. The monoisotopic (exact) mass is 323 g/mol. The van der Waals surface area contributed by atoms with E-state index in [4.69, 9.17) is 4.74 Å². The van der Waals surface area contributed by atoms with Crippen molar-refractivity contribution in [3.63, 3.8) is 0 Å². The predicted molar refractivity (Wildman–Crippen MR) is 91.3 cm³/mol. The van der Waals surface area contributed by atoms with E-state index in [1.165, 1.54) is 10.9 Å². The van der Waals surface area contributed by atoms with Gasteiger partial charge in [-0.15, -0.1) is 0 Å². The number of aromatic nitrogens is 2. The molecule has 0 bridgehead atoms. The average Bonchev–Trinajstić information content (AvgIpc) is 2.64. The first-order valence-corrected chi connectivity index (χ1v) is 7.55. The van der Waals surface area contributed by atoms with Crippen LogP contribution in [0.15, 0.2) is 59.7 Å². The molecular weight excluding hydrogens is 306 g/mol. The van der Waals surface area contributed by atoms with Crippen molar-refractivity contribution < 1.29 is 9.53 Å². The highest BCUT2D eigenvalue weighted by molar-refractivity contribution is 5.94. The molecule has 6 heteroatoms. The Hall–Kier alpha value is -3.15. The van der Waals surface area contributed by atoms with E-state index in [9.17, 15) is 9.59 Å². The van der Waals surface area contributed by atoms with Gasteiger partial charge >= 0.3 is 0 Å². The molecule has 0 unspecified atom stereocenters. The minimum absolute atomic E-state index is 0.112. The van der Waals surface area contributed by atoms with E-state index in [1.54, 1.807) is 49.6 Å². The summed E-state index contributed by atoms with van der Waals surface area (Å²) in [5.41, 5.74) is 1.10. The fourth-order valence-electron chi connectivity index (χ4n) is 2.40. The van der Waals surface area contributed by atoms with Crippen molar-refractivity contribution >= 4 is 16.8 Å². The summed E-state index contributed by atoms with van der Waals surface area (Å²) in [6, 6.07) is 14.0. The maximum atomic E-state index is 12.3. The van der Waals surface area contributed by atoms with Crippen LogP contribution < -0.4 is 15.6 Å². The van der Waals surface area contributed by atoms with Gasteiger partial charge in [-0.1, -0.05) is 12.1 Å². The van der Waals surface area contributed by atoms with Crippen LogP contribution in [0.5, 0.6) is 5.75 Å². The maximum absolute atomic E-state index is 12.3. The molecule has 1 heterocycles. The lowest BCUT2D eigenvalue weighted by Gasteiger charge is -2.08. The molecule has 0 fully saturated rings. The highest BCUT2D eigenvalue weighted by Crippen LogP contribution is 2.11. The van der Waals surface area contributed by atoms with E-state index in [1.807, 2.05) is 6.07 Å². The number of para-hydroxylation sites is 1. The highest BCUT2D eigenvalue weighted by atomic mass is 16.5. The summed E-state index contributed by atoms with van der Waals surface area (Å²) in [7, 11) is 1.57. The molecule has 0 saturated carbocycles. The van der Waals surface area contributed by atoms with Crippen LogP contribution in [0.2, 0.25) is 0 Å². The number of nitrogens with one attached hydrogen (secondary N) is 1. The molecule has 0 saturated heterocycles. The fourth-order valence-corrected chi connectivity index (χ4v) is 2.40. The zero-order chi connectivity index (χ0) is 16.9. The minimum Gasteiger partial charge on any atom is -0.497 e. The van der Waals surface area contributed by atoms with Crippen LogP contribution in [0.25, 0.3) is 10.9 Å². The molecule has 2 aromatic carbocycles. The molecule has 6 nitrogen and oxygen atoms in total. The Morgan fingerprint density at radius 3 is 2.67 bits per heavy atom. The smallest absolute Gasteiger partial charge is 0.261 e. The van der Waals surface area contributed by atoms with Crippen molar-refractivity contribution in [2.45, 2.75) is 6.54 Å². The molecule has 0 aliphatic heterocycles. The minimum atomic E-state index is -0.195. The number of amides is 1. The number of methoxy groups -OCH3 is 1. The topological polar surface area (TPSA) is 73.2 Å². The van der Waals surface area contributed by atoms with Gasteiger partial charge in [0.2, 0.25) is 0 Å². The van der Waals surface area contributed by atoms with Crippen LogP contribution in [-0.4, -0.2) is 29.1 Å². The molecule has 0 spiro atoms. The van der Waals surface area contributed by atoms with Gasteiger partial charge in [0.15, 0.2) is 0 Å². The van der Waals surface area contributed by atoms with E-state index < -0.39 is 0 Å². The molecule has 122 valence electrons. The van der Waals surface area contributed by atoms with Gasteiger partial charge in [-0.2, -0.15) is 0 Å². The van der Waals surface area contributed by atoms with Crippen molar-refractivity contribution in [2.24, 2.45) is 0 Å². The zero-order valence-electron chi connectivity index (χ0n) is 13.2. The molecule has 1 amide bonds. The number of ether oxygens (including phenoxy) is 1.